The summed E-state index contributed by atoms with van der Waals surface area (Å²) in [6.45, 7) is 7.40. The Morgan fingerprint density at radius 2 is 2.05 bits per heavy atom. The van der Waals surface area contributed by atoms with Crippen LogP contribution in [0.4, 0.5) is 17.1 Å². The molecule has 1 saturated carbocycles. The average molecular weight is 291 g/mol. The van der Waals surface area contributed by atoms with Gasteiger partial charge in [0.15, 0.2) is 0 Å². The Hall–Kier alpha value is -1.78. The van der Waals surface area contributed by atoms with E-state index in [2.05, 4.69) is 31.4 Å². The topological polar surface area (TPSA) is 67.2 Å². The third kappa shape index (κ3) is 3.86. The maximum atomic E-state index is 11.1. The van der Waals surface area contributed by atoms with E-state index in [9.17, 15) is 10.1 Å². The fourth-order valence-electron chi connectivity index (χ4n) is 2.97. The molecule has 0 aliphatic heterocycles. The molecular weight excluding hydrogens is 266 g/mol. The summed E-state index contributed by atoms with van der Waals surface area (Å²) in [4.78, 5) is 10.8. The second-order valence-corrected chi connectivity index (χ2v) is 6.53. The SMILES string of the molecule is CCCNc1cc(NC2CCCC2(C)C)cc([N+](=O)[O-])c1. The number of benzene rings is 1. The van der Waals surface area contributed by atoms with Gasteiger partial charge in [-0.25, -0.2) is 0 Å². The van der Waals surface area contributed by atoms with Gasteiger partial charge >= 0.3 is 0 Å². The third-order valence-electron chi connectivity index (χ3n) is 4.31. The van der Waals surface area contributed by atoms with Gasteiger partial charge in [0.25, 0.3) is 5.69 Å². The Morgan fingerprint density at radius 3 is 2.62 bits per heavy atom. The number of nitrogens with zero attached hydrogens (tertiary/aromatic N) is 1. The van der Waals surface area contributed by atoms with Crippen molar-refractivity contribution in [1.29, 1.82) is 0 Å². The van der Waals surface area contributed by atoms with Gasteiger partial charge in [0.1, 0.15) is 0 Å². The van der Waals surface area contributed by atoms with Crippen molar-refractivity contribution in [2.24, 2.45) is 5.41 Å². The number of nitrogens with one attached hydrogen (secondary N) is 2. The van der Waals surface area contributed by atoms with E-state index in [0.29, 0.717) is 6.04 Å². The molecule has 2 N–H and O–H groups in total. The Labute approximate surface area is 126 Å². The molecule has 0 radical (unpaired) electrons. The van der Waals surface area contributed by atoms with E-state index in [1.165, 1.54) is 12.8 Å². The van der Waals surface area contributed by atoms with Crippen LogP contribution in [0.25, 0.3) is 0 Å². The molecule has 21 heavy (non-hydrogen) atoms. The summed E-state index contributed by atoms with van der Waals surface area (Å²) < 4.78 is 0. The summed E-state index contributed by atoms with van der Waals surface area (Å²) in [6, 6.07) is 5.57. The summed E-state index contributed by atoms with van der Waals surface area (Å²) in [5, 5.41) is 17.8. The van der Waals surface area contributed by atoms with Crippen LogP contribution in [-0.4, -0.2) is 17.5 Å². The Balaban J connectivity index is 2.21. The average Bonchev–Trinajstić information content (AvgIpc) is 2.75. The van der Waals surface area contributed by atoms with Crippen LogP contribution in [0.1, 0.15) is 46.5 Å². The van der Waals surface area contributed by atoms with E-state index in [1.54, 1.807) is 12.1 Å². The number of hydrogen-bond donors (Lipinski definition) is 2. The van der Waals surface area contributed by atoms with Gasteiger partial charge in [-0.1, -0.05) is 27.2 Å². The van der Waals surface area contributed by atoms with Crippen LogP contribution >= 0.6 is 0 Å². The van der Waals surface area contributed by atoms with Crippen molar-refractivity contribution >= 4 is 17.1 Å². The standard InChI is InChI=1S/C16H25N3O2/c1-4-8-17-12-9-13(11-14(10-12)19(20)21)18-15-6-5-7-16(15,2)3/h9-11,15,17-18H,4-8H2,1-3H3. The molecule has 1 aromatic rings. The van der Waals surface area contributed by atoms with E-state index in [-0.39, 0.29) is 16.0 Å². The lowest BCUT2D eigenvalue weighted by Crippen LogP contribution is -2.30. The highest BCUT2D eigenvalue weighted by Gasteiger charge is 2.34. The first kappa shape index (κ1) is 15.6. The molecule has 0 bridgehead atoms. The summed E-state index contributed by atoms with van der Waals surface area (Å²) in [5.74, 6) is 0. The molecular formula is C16H25N3O2. The number of nitro benzene ring substituents is 1. The zero-order valence-corrected chi connectivity index (χ0v) is 13.1. The predicted molar refractivity (Wildman–Crippen MR) is 86.9 cm³/mol. The van der Waals surface area contributed by atoms with Crippen molar-refractivity contribution in [3.8, 4) is 0 Å². The van der Waals surface area contributed by atoms with Crippen molar-refractivity contribution in [3.05, 3.63) is 28.3 Å². The van der Waals surface area contributed by atoms with Crippen molar-refractivity contribution in [1.82, 2.24) is 0 Å². The van der Waals surface area contributed by atoms with Crippen LogP contribution in [0.2, 0.25) is 0 Å². The zero-order chi connectivity index (χ0) is 15.5. The number of hydrogen-bond acceptors (Lipinski definition) is 4. The lowest BCUT2D eigenvalue weighted by atomic mass is 9.87. The molecule has 1 aliphatic carbocycles. The fraction of sp³-hybridized carbons (Fsp3) is 0.625. The van der Waals surface area contributed by atoms with E-state index in [0.717, 1.165) is 30.8 Å². The van der Waals surface area contributed by atoms with Gasteiger partial charge in [-0.3, -0.25) is 10.1 Å². The molecule has 1 fully saturated rings. The van der Waals surface area contributed by atoms with E-state index in [4.69, 9.17) is 0 Å². The van der Waals surface area contributed by atoms with Crippen molar-refractivity contribution in [2.45, 2.75) is 52.5 Å². The number of nitro groups is 1. The molecule has 0 amide bonds. The minimum Gasteiger partial charge on any atom is -0.385 e. The first-order chi connectivity index (χ1) is 9.92. The zero-order valence-electron chi connectivity index (χ0n) is 13.1. The maximum Gasteiger partial charge on any atom is 0.273 e. The van der Waals surface area contributed by atoms with E-state index >= 15 is 0 Å². The quantitative estimate of drug-likeness (QED) is 0.602. The monoisotopic (exact) mass is 291 g/mol. The van der Waals surface area contributed by atoms with E-state index in [1.807, 2.05) is 6.07 Å². The molecule has 5 heteroatoms. The van der Waals surface area contributed by atoms with Gasteiger partial charge in [0, 0.05) is 36.1 Å². The summed E-state index contributed by atoms with van der Waals surface area (Å²) in [7, 11) is 0. The molecule has 5 nitrogen and oxygen atoms in total. The first-order valence-corrected chi connectivity index (χ1v) is 7.72. The second-order valence-electron chi connectivity index (χ2n) is 6.53. The lowest BCUT2D eigenvalue weighted by molar-refractivity contribution is -0.384. The van der Waals surface area contributed by atoms with Gasteiger partial charge in [-0.2, -0.15) is 0 Å². The van der Waals surface area contributed by atoms with Crippen LogP contribution in [0.15, 0.2) is 18.2 Å². The van der Waals surface area contributed by atoms with Gasteiger partial charge in [-0.15, -0.1) is 0 Å². The molecule has 2 rings (SSSR count). The van der Waals surface area contributed by atoms with Gasteiger partial charge in [0.05, 0.1) is 4.92 Å². The largest absolute Gasteiger partial charge is 0.385 e. The second kappa shape index (κ2) is 6.33. The van der Waals surface area contributed by atoms with Crippen LogP contribution < -0.4 is 10.6 Å². The number of anilines is 2. The van der Waals surface area contributed by atoms with Gasteiger partial charge in [-0.05, 0) is 30.7 Å². The Kier molecular flexibility index (Phi) is 4.70. The maximum absolute atomic E-state index is 11.1. The molecule has 0 aromatic heterocycles. The third-order valence-corrected chi connectivity index (χ3v) is 4.31. The highest BCUT2D eigenvalue weighted by atomic mass is 16.6. The van der Waals surface area contributed by atoms with Gasteiger partial charge in [0.2, 0.25) is 0 Å². The molecule has 0 spiro atoms. The normalized spacial score (nSPS) is 20.2. The molecule has 1 aliphatic rings. The van der Waals surface area contributed by atoms with Gasteiger partial charge < -0.3 is 10.6 Å². The van der Waals surface area contributed by atoms with Crippen molar-refractivity contribution in [3.63, 3.8) is 0 Å². The lowest BCUT2D eigenvalue weighted by Gasteiger charge is -2.28. The summed E-state index contributed by atoms with van der Waals surface area (Å²) >= 11 is 0. The number of rotatable bonds is 6. The van der Waals surface area contributed by atoms with Crippen LogP contribution in [0, 0.1) is 15.5 Å². The predicted octanol–water partition coefficient (Wildman–Crippen LogP) is 4.41. The molecule has 116 valence electrons. The van der Waals surface area contributed by atoms with E-state index < -0.39 is 0 Å². The van der Waals surface area contributed by atoms with Crippen LogP contribution in [-0.2, 0) is 0 Å². The van der Waals surface area contributed by atoms with Crippen LogP contribution in [0.3, 0.4) is 0 Å². The highest BCUT2D eigenvalue weighted by Crippen LogP contribution is 2.39. The molecule has 1 atom stereocenters. The summed E-state index contributed by atoms with van der Waals surface area (Å²) in [5.41, 5.74) is 2.02. The Morgan fingerprint density at radius 1 is 1.33 bits per heavy atom. The van der Waals surface area contributed by atoms with Crippen molar-refractivity contribution < 1.29 is 4.92 Å². The first-order valence-electron chi connectivity index (χ1n) is 7.72. The minimum atomic E-state index is -0.331. The number of non-ortho nitro benzene ring substituents is 1. The minimum absolute atomic E-state index is 0.134. The fourth-order valence-corrected chi connectivity index (χ4v) is 2.97. The molecule has 0 saturated heterocycles. The molecule has 0 heterocycles. The smallest absolute Gasteiger partial charge is 0.273 e. The Bertz CT molecular complexity index is 514. The summed E-state index contributed by atoms with van der Waals surface area (Å²) in [6.07, 6.45) is 4.51. The highest BCUT2D eigenvalue weighted by molar-refractivity contribution is 5.63. The molecule has 1 unspecified atom stereocenters. The molecule has 1 aromatic carbocycles. The van der Waals surface area contributed by atoms with Crippen LogP contribution in [0.5, 0.6) is 0 Å². The van der Waals surface area contributed by atoms with Crippen molar-refractivity contribution in [2.75, 3.05) is 17.2 Å².